The molecule has 5 nitrogen and oxygen atoms in total. The summed E-state index contributed by atoms with van der Waals surface area (Å²) in [5, 5.41) is 10.3. The van der Waals surface area contributed by atoms with Crippen molar-refractivity contribution >= 4 is 29.9 Å². The van der Waals surface area contributed by atoms with Gasteiger partial charge in [0.1, 0.15) is 0 Å². The van der Waals surface area contributed by atoms with Crippen molar-refractivity contribution < 1.29 is 0 Å². The molecule has 0 unspecified atom stereocenters. The molecule has 0 bridgehead atoms. The lowest BCUT2D eigenvalue weighted by Crippen LogP contribution is -2.55. The van der Waals surface area contributed by atoms with Crippen LogP contribution in [-0.4, -0.2) is 61.7 Å². The van der Waals surface area contributed by atoms with Gasteiger partial charge in [0.25, 0.3) is 0 Å². The summed E-state index contributed by atoms with van der Waals surface area (Å²) in [6, 6.07) is 0. The zero-order valence-corrected chi connectivity index (χ0v) is 18.3. The molecule has 0 aromatic rings. The van der Waals surface area contributed by atoms with Crippen molar-refractivity contribution in [1.29, 1.82) is 0 Å². The Bertz CT molecular complexity index is 343. The Labute approximate surface area is 160 Å². The number of halogens is 1. The summed E-state index contributed by atoms with van der Waals surface area (Å²) in [5.41, 5.74) is 0.330. The second-order valence-corrected chi connectivity index (χ2v) is 7.89. The van der Waals surface area contributed by atoms with E-state index in [1.807, 2.05) is 7.05 Å². The van der Waals surface area contributed by atoms with E-state index in [1.165, 1.54) is 32.4 Å². The highest BCUT2D eigenvalue weighted by molar-refractivity contribution is 14.0. The highest BCUT2D eigenvalue weighted by Crippen LogP contribution is 2.19. The molecule has 1 aliphatic heterocycles. The van der Waals surface area contributed by atoms with Crippen molar-refractivity contribution in [2.75, 3.05) is 39.8 Å². The highest BCUT2D eigenvalue weighted by atomic mass is 127. The minimum atomic E-state index is 0. The van der Waals surface area contributed by atoms with Crippen LogP contribution in [-0.2, 0) is 0 Å². The van der Waals surface area contributed by atoms with E-state index in [1.54, 1.807) is 0 Å². The van der Waals surface area contributed by atoms with Gasteiger partial charge in [-0.25, -0.2) is 0 Å². The van der Waals surface area contributed by atoms with Gasteiger partial charge >= 0.3 is 0 Å². The standard InChI is InChI=1S/C17H37N5.HI/c1-16(2,3)21-11-10-19-15(18-6)20-14-17(4,5)22-12-8-7-9-13-22;/h21H,7-14H2,1-6H3,(H2,18,19,20);1H. The van der Waals surface area contributed by atoms with Crippen molar-refractivity contribution in [3.05, 3.63) is 0 Å². The average molecular weight is 439 g/mol. The van der Waals surface area contributed by atoms with E-state index in [0.717, 1.165) is 25.6 Å². The maximum absolute atomic E-state index is 4.32. The Morgan fingerprint density at radius 2 is 1.57 bits per heavy atom. The normalized spacial score (nSPS) is 17.6. The van der Waals surface area contributed by atoms with Crippen LogP contribution in [0.25, 0.3) is 0 Å². The van der Waals surface area contributed by atoms with E-state index in [2.05, 4.69) is 60.5 Å². The van der Waals surface area contributed by atoms with Gasteiger partial charge < -0.3 is 16.0 Å². The fraction of sp³-hybridized carbons (Fsp3) is 0.941. The molecule has 1 fully saturated rings. The highest BCUT2D eigenvalue weighted by Gasteiger charge is 2.27. The number of hydrogen-bond donors (Lipinski definition) is 3. The third kappa shape index (κ3) is 9.72. The molecular weight excluding hydrogens is 401 g/mol. The molecule has 3 N–H and O–H groups in total. The molecule has 0 aromatic heterocycles. The Kier molecular flexibility index (Phi) is 10.7. The van der Waals surface area contributed by atoms with Crippen molar-refractivity contribution in [3.63, 3.8) is 0 Å². The maximum Gasteiger partial charge on any atom is 0.191 e. The van der Waals surface area contributed by atoms with Gasteiger partial charge in [0.15, 0.2) is 5.96 Å². The quantitative estimate of drug-likeness (QED) is 0.258. The number of nitrogens with one attached hydrogen (secondary N) is 3. The molecule has 138 valence electrons. The first kappa shape index (κ1) is 22.9. The number of hydrogen-bond acceptors (Lipinski definition) is 3. The first-order valence-corrected chi connectivity index (χ1v) is 8.69. The molecule has 0 atom stereocenters. The van der Waals surface area contributed by atoms with E-state index in [9.17, 15) is 0 Å². The number of aliphatic imine (C=N–C) groups is 1. The second kappa shape index (κ2) is 10.7. The van der Waals surface area contributed by atoms with Gasteiger partial charge in [-0.15, -0.1) is 24.0 Å². The van der Waals surface area contributed by atoms with Gasteiger partial charge in [-0.3, -0.25) is 9.89 Å². The molecule has 0 spiro atoms. The van der Waals surface area contributed by atoms with Crippen molar-refractivity contribution in [2.24, 2.45) is 4.99 Å². The van der Waals surface area contributed by atoms with Crippen LogP contribution in [0.15, 0.2) is 4.99 Å². The van der Waals surface area contributed by atoms with Crippen molar-refractivity contribution in [2.45, 2.75) is 65.0 Å². The van der Waals surface area contributed by atoms with Crippen LogP contribution < -0.4 is 16.0 Å². The monoisotopic (exact) mass is 439 g/mol. The predicted molar refractivity (Wildman–Crippen MR) is 112 cm³/mol. The summed E-state index contributed by atoms with van der Waals surface area (Å²) in [6.07, 6.45) is 4.04. The Morgan fingerprint density at radius 3 is 2.09 bits per heavy atom. The van der Waals surface area contributed by atoms with Gasteiger partial charge in [-0.1, -0.05) is 6.42 Å². The van der Waals surface area contributed by atoms with Gasteiger partial charge in [0.2, 0.25) is 0 Å². The number of piperidine rings is 1. The van der Waals surface area contributed by atoms with Gasteiger partial charge in [0.05, 0.1) is 0 Å². The van der Waals surface area contributed by atoms with Gasteiger partial charge in [-0.05, 0) is 60.5 Å². The number of guanidine groups is 1. The third-order valence-corrected chi connectivity index (χ3v) is 4.20. The van der Waals surface area contributed by atoms with Crippen LogP contribution in [0.5, 0.6) is 0 Å². The topological polar surface area (TPSA) is 51.7 Å². The van der Waals surface area contributed by atoms with Crippen molar-refractivity contribution in [3.8, 4) is 0 Å². The van der Waals surface area contributed by atoms with E-state index in [-0.39, 0.29) is 35.1 Å². The summed E-state index contributed by atoms with van der Waals surface area (Å²) >= 11 is 0. The zero-order chi connectivity index (χ0) is 16.6. The summed E-state index contributed by atoms with van der Waals surface area (Å²) in [5.74, 6) is 0.890. The molecule has 0 radical (unpaired) electrons. The molecular formula is C17H38IN5. The Balaban J connectivity index is 0.00000484. The summed E-state index contributed by atoms with van der Waals surface area (Å²) < 4.78 is 0. The summed E-state index contributed by atoms with van der Waals surface area (Å²) in [7, 11) is 1.83. The average Bonchev–Trinajstić information content (AvgIpc) is 2.46. The predicted octanol–water partition coefficient (Wildman–Crippen LogP) is 2.42. The van der Waals surface area contributed by atoms with Crippen LogP contribution >= 0.6 is 24.0 Å². The minimum Gasteiger partial charge on any atom is -0.355 e. The Hall–Kier alpha value is -0.0800. The molecule has 0 aliphatic carbocycles. The maximum atomic E-state index is 4.32. The molecule has 1 heterocycles. The number of nitrogens with zero attached hydrogens (tertiary/aromatic N) is 2. The van der Waals surface area contributed by atoms with Crippen LogP contribution in [0, 0.1) is 0 Å². The van der Waals surface area contributed by atoms with Crippen LogP contribution in [0.1, 0.15) is 53.9 Å². The minimum absolute atomic E-state index is 0. The summed E-state index contributed by atoms with van der Waals surface area (Å²) in [6.45, 7) is 16.3. The van der Waals surface area contributed by atoms with E-state index < -0.39 is 0 Å². The molecule has 0 saturated carbocycles. The number of rotatable bonds is 6. The molecule has 1 saturated heterocycles. The lowest BCUT2D eigenvalue weighted by molar-refractivity contribution is 0.0982. The third-order valence-electron chi connectivity index (χ3n) is 4.20. The second-order valence-electron chi connectivity index (χ2n) is 7.89. The van der Waals surface area contributed by atoms with E-state index >= 15 is 0 Å². The fourth-order valence-electron chi connectivity index (χ4n) is 2.75. The molecule has 6 heteroatoms. The summed E-state index contributed by atoms with van der Waals surface area (Å²) in [4.78, 5) is 6.91. The molecule has 1 rings (SSSR count). The molecule has 1 aliphatic rings. The largest absolute Gasteiger partial charge is 0.355 e. The van der Waals surface area contributed by atoms with E-state index in [4.69, 9.17) is 0 Å². The molecule has 0 aromatic carbocycles. The van der Waals surface area contributed by atoms with Gasteiger partial charge in [0, 0.05) is 37.8 Å². The van der Waals surface area contributed by atoms with Gasteiger partial charge in [-0.2, -0.15) is 0 Å². The smallest absolute Gasteiger partial charge is 0.191 e. The molecule has 0 amide bonds. The first-order valence-electron chi connectivity index (χ1n) is 8.69. The van der Waals surface area contributed by atoms with Crippen molar-refractivity contribution in [1.82, 2.24) is 20.9 Å². The lowest BCUT2D eigenvalue weighted by atomic mass is 9.98. The Morgan fingerprint density at radius 1 is 0.957 bits per heavy atom. The zero-order valence-electron chi connectivity index (χ0n) is 16.0. The fourth-order valence-corrected chi connectivity index (χ4v) is 2.75. The lowest BCUT2D eigenvalue weighted by Gasteiger charge is -2.41. The van der Waals surface area contributed by atoms with Crippen LogP contribution in [0.2, 0.25) is 0 Å². The van der Waals surface area contributed by atoms with Crippen LogP contribution in [0.3, 0.4) is 0 Å². The SMILES string of the molecule is CN=C(NCCNC(C)(C)C)NCC(C)(C)N1CCCCC1.I. The number of likely N-dealkylation sites (tertiary alicyclic amines) is 1. The van der Waals surface area contributed by atoms with E-state index in [0.29, 0.717) is 0 Å². The molecule has 23 heavy (non-hydrogen) atoms. The van der Waals surface area contributed by atoms with Crippen LogP contribution in [0.4, 0.5) is 0 Å². The first-order chi connectivity index (χ1) is 10.2.